The molecule has 0 unspecified atom stereocenters. The van der Waals surface area contributed by atoms with Crippen LogP contribution >= 0.6 is 47.0 Å². The molecule has 0 radical (unpaired) electrons. The first-order chi connectivity index (χ1) is 25.6. The zero-order valence-corrected chi connectivity index (χ0v) is 32.2. The first-order valence-electron chi connectivity index (χ1n) is 16.8. The Bertz CT molecular complexity index is 1690. The molecule has 14 nitrogen and oxygen atoms in total. The molecule has 52 heavy (non-hydrogen) atoms. The first kappa shape index (κ1) is 39.2. The molecule has 276 valence electrons. The van der Waals surface area contributed by atoms with Crippen LogP contribution in [0.5, 0.6) is 11.5 Å². The lowest BCUT2D eigenvalue weighted by molar-refractivity contribution is -0.140. The SMILES string of the molecule is CCOC(=O)CSc1nnc2n1/N=C\c1ccccc1OCCCCOc1ccccc1/C=N/n1c(nnc1SCC(=O)OCC)SCCCCS2. The van der Waals surface area contributed by atoms with E-state index in [4.69, 9.17) is 29.2 Å². The van der Waals surface area contributed by atoms with Crippen molar-refractivity contribution in [2.24, 2.45) is 10.2 Å². The molecule has 1 aliphatic rings. The van der Waals surface area contributed by atoms with Crippen LogP contribution in [0.15, 0.2) is 79.4 Å². The highest BCUT2D eigenvalue weighted by atomic mass is 32.2. The van der Waals surface area contributed by atoms with E-state index in [2.05, 4.69) is 20.4 Å². The van der Waals surface area contributed by atoms with Crippen LogP contribution in [0, 0.1) is 0 Å². The van der Waals surface area contributed by atoms with Gasteiger partial charge >= 0.3 is 11.9 Å². The zero-order chi connectivity index (χ0) is 36.4. The summed E-state index contributed by atoms with van der Waals surface area (Å²) in [7, 11) is 0. The molecule has 3 heterocycles. The topological polar surface area (TPSA) is 157 Å². The van der Waals surface area contributed by atoms with Crippen LogP contribution in [0.1, 0.15) is 50.7 Å². The van der Waals surface area contributed by atoms with Crippen molar-refractivity contribution < 1.29 is 28.5 Å². The van der Waals surface area contributed by atoms with Crippen molar-refractivity contribution in [3.8, 4) is 11.5 Å². The van der Waals surface area contributed by atoms with Crippen LogP contribution in [0.4, 0.5) is 0 Å². The van der Waals surface area contributed by atoms with Gasteiger partial charge in [-0.1, -0.05) is 71.3 Å². The van der Waals surface area contributed by atoms with Gasteiger partial charge in [0.15, 0.2) is 0 Å². The smallest absolute Gasteiger partial charge is 0.316 e. The van der Waals surface area contributed by atoms with Crippen LogP contribution in [0.3, 0.4) is 0 Å². The summed E-state index contributed by atoms with van der Waals surface area (Å²) in [6.45, 7) is 5.15. The molecule has 0 N–H and O–H groups in total. The second-order valence-electron chi connectivity index (χ2n) is 10.7. The number of ether oxygens (including phenoxy) is 4. The van der Waals surface area contributed by atoms with Gasteiger partial charge in [0.2, 0.25) is 20.6 Å². The fourth-order valence-electron chi connectivity index (χ4n) is 4.49. The zero-order valence-electron chi connectivity index (χ0n) is 28.9. The maximum atomic E-state index is 12.1. The molecule has 2 aromatic heterocycles. The third-order valence-corrected chi connectivity index (χ3v) is 10.7. The standard InChI is InChI=1S/C34H40N8O6S4/c1-3-45-29(43)23-51-33-39-37-31-41(33)35-21-25-13-5-7-15-27(25)47-17-9-10-18-48-28-16-8-6-14-26(28)22-36-42-32(50-20-12-11-19-49-31)38-40-34(42)52-24-30(44)46-4-2/h5-8,13-16,21-22H,3-4,9-12,17-20,23-24H2,1-2H3/b35-21-,36-22+. The Hall–Kier alpha value is -4.00. The van der Waals surface area contributed by atoms with Crippen LogP contribution < -0.4 is 9.47 Å². The molecule has 18 heteroatoms. The van der Waals surface area contributed by atoms with Crippen molar-refractivity contribution >= 4 is 71.4 Å². The molecule has 0 saturated carbocycles. The Morgan fingerprint density at radius 3 is 1.56 bits per heavy atom. The second-order valence-corrected chi connectivity index (χ2v) is 14.7. The molecule has 0 bridgehead atoms. The fourth-order valence-corrected chi connectivity index (χ4v) is 7.75. The van der Waals surface area contributed by atoms with Crippen molar-refractivity contribution in [2.45, 2.75) is 60.2 Å². The Labute approximate surface area is 319 Å². The largest absolute Gasteiger partial charge is 0.493 e. The molecule has 0 fully saturated rings. The molecular formula is C34H40N8O6S4. The van der Waals surface area contributed by atoms with Crippen molar-refractivity contribution in [3.05, 3.63) is 59.7 Å². The van der Waals surface area contributed by atoms with E-state index in [0.717, 1.165) is 48.3 Å². The summed E-state index contributed by atoms with van der Waals surface area (Å²) in [6.07, 6.45) is 6.74. The van der Waals surface area contributed by atoms with Gasteiger partial charge in [-0.15, -0.1) is 20.4 Å². The van der Waals surface area contributed by atoms with E-state index in [1.807, 2.05) is 48.5 Å². The van der Waals surface area contributed by atoms with Gasteiger partial charge in [0.05, 0.1) is 50.4 Å². The normalized spacial score (nSPS) is 15.6. The molecule has 2 aromatic carbocycles. The van der Waals surface area contributed by atoms with E-state index in [0.29, 0.717) is 58.6 Å². The number of hydrogen-bond acceptors (Lipinski definition) is 16. The van der Waals surface area contributed by atoms with Crippen LogP contribution in [-0.4, -0.2) is 104 Å². The Balaban J connectivity index is 1.35. The van der Waals surface area contributed by atoms with Gasteiger partial charge in [0.1, 0.15) is 11.5 Å². The summed E-state index contributed by atoms with van der Waals surface area (Å²) in [6, 6.07) is 15.4. The van der Waals surface area contributed by atoms with E-state index in [9.17, 15) is 9.59 Å². The van der Waals surface area contributed by atoms with Crippen molar-refractivity contribution in [3.63, 3.8) is 0 Å². The monoisotopic (exact) mass is 784 g/mol. The number of benzene rings is 2. The van der Waals surface area contributed by atoms with E-state index >= 15 is 0 Å². The lowest BCUT2D eigenvalue weighted by atomic mass is 10.2. The first-order valence-corrected chi connectivity index (χ1v) is 20.8. The number of fused-ring (bicyclic) bond motifs is 4. The minimum atomic E-state index is -0.330. The predicted molar refractivity (Wildman–Crippen MR) is 205 cm³/mol. The van der Waals surface area contributed by atoms with Gasteiger partial charge in [-0.05, 0) is 63.8 Å². The minimum Gasteiger partial charge on any atom is -0.493 e. The molecule has 0 aliphatic carbocycles. The quantitative estimate of drug-likeness (QED) is 0.148. The molecule has 0 atom stereocenters. The number of hydrogen-bond donors (Lipinski definition) is 0. The van der Waals surface area contributed by atoms with Crippen molar-refractivity contribution in [1.29, 1.82) is 0 Å². The number of carbonyl (C=O) groups excluding carboxylic acids is 2. The number of para-hydroxylation sites is 2. The van der Waals surface area contributed by atoms with E-state index < -0.39 is 0 Å². The summed E-state index contributed by atoms with van der Waals surface area (Å²) >= 11 is 5.53. The molecule has 5 rings (SSSR count). The highest BCUT2D eigenvalue weighted by Gasteiger charge is 2.17. The highest BCUT2D eigenvalue weighted by Crippen LogP contribution is 2.28. The average molecular weight is 785 g/mol. The summed E-state index contributed by atoms with van der Waals surface area (Å²) in [5.41, 5.74) is 1.61. The predicted octanol–water partition coefficient (Wildman–Crippen LogP) is 6.16. The molecule has 0 spiro atoms. The maximum absolute atomic E-state index is 12.1. The number of thioether (sulfide) groups is 4. The van der Waals surface area contributed by atoms with Gasteiger partial charge in [-0.3, -0.25) is 9.59 Å². The van der Waals surface area contributed by atoms with E-state index in [1.165, 1.54) is 47.0 Å². The van der Waals surface area contributed by atoms with Gasteiger partial charge in [0, 0.05) is 22.6 Å². The number of esters is 2. The fraction of sp³-hybridized carbons (Fsp3) is 0.412. The second kappa shape index (κ2) is 21.5. The third kappa shape index (κ3) is 12.0. The molecule has 4 aromatic rings. The summed E-state index contributed by atoms with van der Waals surface area (Å²) in [4.78, 5) is 24.2. The van der Waals surface area contributed by atoms with Crippen molar-refractivity contribution in [1.82, 2.24) is 29.7 Å². The Morgan fingerprint density at radius 2 is 1.12 bits per heavy atom. The lowest BCUT2D eigenvalue weighted by Gasteiger charge is -2.11. The third-order valence-electron chi connectivity index (χ3n) is 6.93. The van der Waals surface area contributed by atoms with E-state index in [1.54, 1.807) is 35.6 Å². The van der Waals surface area contributed by atoms with Crippen LogP contribution in [-0.2, 0) is 19.1 Å². The van der Waals surface area contributed by atoms with E-state index in [-0.39, 0.29) is 23.4 Å². The number of carbonyl (C=O) groups is 2. The number of aromatic nitrogens is 6. The molecular weight excluding hydrogens is 745 g/mol. The Kier molecular flexibility index (Phi) is 16.2. The summed E-state index contributed by atoms with van der Waals surface area (Å²) in [5, 5.41) is 29.1. The number of nitrogens with zero attached hydrogens (tertiary/aromatic N) is 8. The lowest BCUT2D eigenvalue weighted by Crippen LogP contribution is -2.08. The highest BCUT2D eigenvalue weighted by molar-refractivity contribution is 8.00. The van der Waals surface area contributed by atoms with Crippen molar-refractivity contribution in [2.75, 3.05) is 49.4 Å². The maximum Gasteiger partial charge on any atom is 0.316 e. The van der Waals surface area contributed by atoms with Crippen LogP contribution in [0.25, 0.3) is 0 Å². The summed E-state index contributed by atoms with van der Waals surface area (Å²) in [5.74, 6) is 2.46. The number of rotatable bonds is 8. The van der Waals surface area contributed by atoms with Gasteiger partial charge in [-0.25, -0.2) is 0 Å². The summed E-state index contributed by atoms with van der Waals surface area (Å²) < 4.78 is 25.8. The van der Waals surface area contributed by atoms with Gasteiger partial charge in [0.25, 0.3) is 0 Å². The molecule has 0 saturated heterocycles. The van der Waals surface area contributed by atoms with Crippen LogP contribution in [0.2, 0.25) is 0 Å². The molecule has 1 aliphatic heterocycles. The Morgan fingerprint density at radius 1 is 0.673 bits per heavy atom. The molecule has 0 amide bonds. The average Bonchev–Trinajstić information content (AvgIpc) is 3.73. The van der Waals surface area contributed by atoms with Gasteiger partial charge < -0.3 is 18.9 Å². The van der Waals surface area contributed by atoms with Gasteiger partial charge in [-0.2, -0.15) is 19.6 Å². The minimum absolute atomic E-state index is 0.0933.